The van der Waals surface area contributed by atoms with E-state index in [2.05, 4.69) is 39.7 Å². The van der Waals surface area contributed by atoms with Crippen LogP contribution in [0.2, 0.25) is 0 Å². The third kappa shape index (κ3) is 4.58. The van der Waals surface area contributed by atoms with Crippen molar-refractivity contribution in [3.63, 3.8) is 0 Å². The average molecular weight is 403 g/mol. The maximum Gasteiger partial charge on any atom is 0.251 e. The van der Waals surface area contributed by atoms with Crippen LogP contribution >= 0.6 is 0 Å². The highest BCUT2D eigenvalue weighted by molar-refractivity contribution is 5.96. The minimum atomic E-state index is -0.135. The highest BCUT2D eigenvalue weighted by Gasteiger charge is 2.12. The van der Waals surface area contributed by atoms with Gasteiger partial charge in [0.1, 0.15) is 0 Å². The lowest BCUT2D eigenvalue weighted by atomic mass is 10.1. The van der Waals surface area contributed by atoms with Gasteiger partial charge in [0.15, 0.2) is 0 Å². The van der Waals surface area contributed by atoms with Crippen LogP contribution in [0.1, 0.15) is 34.3 Å². The number of hydrogen-bond acceptors (Lipinski definition) is 6. The van der Waals surface area contributed by atoms with Crippen LogP contribution in [0.5, 0.6) is 0 Å². The predicted octanol–water partition coefficient (Wildman–Crippen LogP) is 3.82. The Morgan fingerprint density at radius 3 is 2.87 bits per heavy atom. The van der Waals surface area contributed by atoms with Crippen LogP contribution in [-0.4, -0.2) is 29.0 Å². The monoisotopic (exact) mass is 403 g/mol. The van der Waals surface area contributed by atoms with Crippen molar-refractivity contribution in [1.29, 1.82) is 0 Å². The summed E-state index contributed by atoms with van der Waals surface area (Å²) in [6.07, 6.45) is 3.41. The summed E-state index contributed by atoms with van der Waals surface area (Å²) < 4.78 is 5.83. The standard InChI is InChI=1S/C23H25N5O2/c1-15-4-6-18-12-17(15)14-30-11-3-2-9-25-22(29)16-5-7-19(20(24)13-16)21-8-10-26-23(27-18)28-21/h4-8,10,12-13H,2-3,9,11,14,24H2,1H3,(H,25,29)(H,26,27,28). The number of hydrogen-bond donors (Lipinski definition) is 3. The second-order valence-electron chi connectivity index (χ2n) is 7.35. The molecule has 6 bridgehead atoms. The van der Waals surface area contributed by atoms with Crippen molar-refractivity contribution in [2.75, 3.05) is 24.2 Å². The Morgan fingerprint density at radius 2 is 2.00 bits per heavy atom. The van der Waals surface area contributed by atoms with Crippen LogP contribution in [-0.2, 0) is 11.3 Å². The first-order valence-corrected chi connectivity index (χ1v) is 10.1. The third-order valence-electron chi connectivity index (χ3n) is 5.11. The summed E-state index contributed by atoms with van der Waals surface area (Å²) in [7, 11) is 0. The zero-order valence-electron chi connectivity index (χ0n) is 16.9. The fourth-order valence-electron chi connectivity index (χ4n) is 3.36. The number of carbonyl (C=O) groups excluding carboxylic acids is 1. The van der Waals surface area contributed by atoms with Crippen LogP contribution in [0, 0.1) is 6.92 Å². The van der Waals surface area contributed by atoms with E-state index in [0.717, 1.165) is 29.7 Å². The fourth-order valence-corrected chi connectivity index (χ4v) is 3.36. The molecule has 3 aromatic rings. The summed E-state index contributed by atoms with van der Waals surface area (Å²) in [5, 5.41) is 6.19. The molecule has 5 rings (SSSR count). The van der Waals surface area contributed by atoms with Crippen LogP contribution in [0.15, 0.2) is 48.7 Å². The van der Waals surface area contributed by atoms with Crippen molar-refractivity contribution in [1.82, 2.24) is 15.3 Å². The Morgan fingerprint density at radius 1 is 1.10 bits per heavy atom. The first-order valence-electron chi connectivity index (χ1n) is 10.1. The number of nitrogen functional groups attached to an aromatic ring is 1. The molecule has 7 heteroatoms. The molecule has 2 aliphatic rings. The normalized spacial score (nSPS) is 14.8. The van der Waals surface area contributed by atoms with Crippen LogP contribution in [0.4, 0.5) is 17.3 Å². The zero-order valence-corrected chi connectivity index (χ0v) is 16.9. The molecule has 2 aromatic carbocycles. The van der Waals surface area contributed by atoms with Crippen molar-refractivity contribution in [2.45, 2.75) is 26.4 Å². The highest BCUT2D eigenvalue weighted by Crippen LogP contribution is 2.27. The molecule has 154 valence electrons. The lowest BCUT2D eigenvalue weighted by molar-refractivity contribution is 0.0946. The van der Waals surface area contributed by atoms with E-state index in [9.17, 15) is 4.79 Å². The van der Waals surface area contributed by atoms with Crippen LogP contribution < -0.4 is 16.4 Å². The molecule has 7 nitrogen and oxygen atoms in total. The molecule has 2 aliphatic heterocycles. The van der Waals surface area contributed by atoms with Crippen molar-refractivity contribution in [3.8, 4) is 11.3 Å². The summed E-state index contributed by atoms with van der Waals surface area (Å²) in [5.41, 5.74) is 11.9. The number of nitrogens with one attached hydrogen (secondary N) is 2. The Kier molecular flexibility index (Phi) is 5.90. The SMILES string of the molecule is Cc1ccc2cc1COCCCCNC(=O)c1ccc(c(N)c1)-c1ccnc(n1)N2. The molecule has 1 aromatic heterocycles. The number of rotatable bonds is 0. The molecule has 0 fully saturated rings. The van der Waals surface area contributed by atoms with Crippen molar-refractivity contribution >= 4 is 23.2 Å². The summed E-state index contributed by atoms with van der Waals surface area (Å²) in [6, 6.07) is 13.2. The van der Waals surface area contributed by atoms with Gasteiger partial charge in [0.25, 0.3) is 5.91 Å². The van der Waals surface area contributed by atoms with Gasteiger partial charge in [-0.2, -0.15) is 0 Å². The topological polar surface area (TPSA) is 102 Å². The maximum atomic E-state index is 12.4. The molecule has 4 N–H and O–H groups in total. The number of ether oxygens (including phenoxy) is 1. The van der Waals surface area contributed by atoms with Gasteiger partial charge >= 0.3 is 0 Å². The Bertz CT molecular complexity index is 1070. The smallest absolute Gasteiger partial charge is 0.251 e. The molecule has 0 spiro atoms. The van der Waals surface area contributed by atoms with E-state index >= 15 is 0 Å². The lowest BCUT2D eigenvalue weighted by Crippen LogP contribution is -2.24. The molecule has 0 aliphatic carbocycles. The molecule has 0 radical (unpaired) electrons. The van der Waals surface area contributed by atoms with Gasteiger partial charge in [-0.05, 0) is 67.3 Å². The van der Waals surface area contributed by atoms with Crippen molar-refractivity contribution in [3.05, 3.63) is 65.4 Å². The summed E-state index contributed by atoms with van der Waals surface area (Å²) in [4.78, 5) is 21.3. The van der Waals surface area contributed by atoms with E-state index in [1.807, 2.05) is 12.1 Å². The largest absolute Gasteiger partial charge is 0.398 e. The first-order chi connectivity index (χ1) is 14.6. The Hall–Kier alpha value is -3.45. The molecule has 0 unspecified atom stereocenters. The number of amides is 1. The molecular weight excluding hydrogens is 378 g/mol. The number of nitrogens with two attached hydrogens (primary N) is 1. The third-order valence-corrected chi connectivity index (χ3v) is 5.11. The number of anilines is 3. The molecule has 0 atom stereocenters. The van der Waals surface area contributed by atoms with Gasteiger partial charge in [-0.1, -0.05) is 6.07 Å². The van der Waals surface area contributed by atoms with E-state index in [1.54, 1.807) is 24.4 Å². The Balaban J connectivity index is 1.69. The van der Waals surface area contributed by atoms with Gasteiger partial charge in [-0.3, -0.25) is 4.79 Å². The number of fused-ring (bicyclic) bond motifs is 9. The number of aromatic nitrogens is 2. The van der Waals surface area contributed by atoms with E-state index in [1.165, 1.54) is 5.56 Å². The molecular formula is C23H25N5O2. The average Bonchev–Trinajstić information content (AvgIpc) is 2.74. The van der Waals surface area contributed by atoms with E-state index in [-0.39, 0.29) is 5.91 Å². The lowest BCUT2D eigenvalue weighted by Gasteiger charge is -2.12. The van der Waals surface area contributed by atoms with Gasteiger partial charge in [0.2, 0.25) is 5.95 Å². The second-order valence-corrected chi connectivity index (χ2v) is 7.35. The number of aryl methyl sites for hydroxylation is 1. The van der Waals surface area contributed by atoms with E-state index < -0.39 is 0 Å². The molecule has 30 heavy (non-hydrogen) atoms. The highest BCUT2D eigenvalue weighted by atomic mass is 16.5. The van der Waals surface area contributed by atoms with Gasteiger partial charge in [-0.15, -0.1) is 0 Å². The van der Waals surface area contributed by atoms with Crippen molar-refractivity contribution < 1.29 is 9.53 Å². The summed E-state index contributed by atoms with van der Waals surface area (Å²) >= 11 is 0. The summed E-state index contributed by atoms with van der Waals surface area (Å²) in [5.74, 6) is 0.339. The number of nitrogens with zero attached hydrogens (tertiary/aromatic N) is 2. The Labute approximate surface area is 175 Å². The van der Waals surface area contributed by atoms with Gasteiger partial charge in [0, 0.05) is 41.9 Å². The zero-order chi connectivity index (χ0) is 20.9. The summed E-state index contributed by atoms with van der Waals surface area (Å²) in [6.45, 7) is 3.84. The van der Waals surface area contributed by atoms with E-state index in [0.29, 0.717) is 42.7 Å². The number of carbonyl (C=O) groups is 1. The quantitative estimate of drug-likeness (QED) is 0.493. The minimum Gasteiger partial charge on any atom is -0.398 e. The number of benzene rings is 2. The second kappa shape index (κ2) is 8.92. The van der Waals surface area contributed by atoms with Gasteiger partial charge < -0.3 is 21.1 Å². The molecule has 1 amide bonds. The fraction of sp³-hybridized carbons (Fsp3) is 0.261. The predicted molar refractivity (Wildman–Crippen MR) is 118 cm³/mol. The van der Waals surface area contributed by atoms with E-state index in [4.69, 9.17) is 10.5 Å². The molecule has 0 saturated carbocycles. The maximum absolute atomic E-state index is 12.4. The van der Waals surface area contributed by atoms with Crippen LogP contribution in [0.25, 0.3) is 11.3 Å². The molecule has 3 heterocycles. The van der Waals surface area contributed by atoms with Gasteiger partial charge in [0.05, 0.1) is 12.3 Å². The van der Waals surface area contributed by atoms with Crippen molar-refractivity contribution in [2.24, 2.45) is 0 Å². The van der Waals surface area contributed by atoms with Crippen LogP contribution in [0.3, 0.4) is 0 Å². The first kappa shape index (κ1) is 19.8. The molecule has 0 saturated heterocycles. The van der Waals surface area contributed by atoms with Gasteiger partial charge in [-0.25, -0.2) is 9.97 Å². The minimum absolute atomic E-state index is 0.135.